The van der Waals surface area contributed by atoms with Crippen molar-refractivity contribution in [2.24, 2.45) is 4.99 Å². The number of hydrogen-bond donors (Lipinski definition) is 2. The minimum atomic E-state index is -4.82. The van der Waals surface area contributed by atoms with Crippen molar-refractivity contribution >= 4 is 44.2 Å². The molecular formula is C21H20F3N3O4S2. The molecule has 12 heteroatoms. The summed E-state index contributed by atoms with van der Waals surface area (Å²) < 4.78 is 67.6. The average molecular weight is 500 g/mol. The van der Waals surface area contributed by atoms with Crippen LogP contribution in [-0.4, -0.2) is 49.4 Å². The number of rotatable bonds is 6. The van der Waals surface area contributed by atoms with E-state index in [2.05, 4.69) is 10.3 Å². The minimum absolute atomic E-state index is 0.0117. The zero-order valence-corrected chi connectivity index (χ0v) is 19.0. The number of alkyl halides is 3. The van der Waals surface area contributed by atoms with Gasteiger partial charge in [-0.15, -0.1) is 11.8 Å². The molecule has 0 amide bonds. The number of para-hydroxylation sites is 1. The van der Waals surface area contributed by atoms with E-state index in [4.69, 9.17) is 5.11 Å². The molecule has 0 fully saturated rings. The predicted octanol–water partition coefficient (Wildman–Crippen LogP) is 3.86. The minimum Gasteiger partial charge on any atom is -0.481 e. The number of nitrogens with zero attached hydrogens (tertiary/aromatic N) is 2. The van der Waals surface area contributed by atoms with Gasteiger partial charge in [0, 0.05) is 18.7 Å². The van der Waals surface area contributed by atoms with Crippen LogP contribution in [0.25, 0.3) is 0 Å². The van der Waals surface area contributed by atoms with Crippen molar-refractivity contribution in [3.8, 4) is 0 Å². The van der Waals surface area contributed by atoms with Crippen LogP contribution >= 0.6 is 11.8 Å². The van der Waals surface area contributed by atoms with Crippen molar-refractivity contribution in [1.29, 1.82) is 0 Å². The number of carbonyl (C=O) groups is 1. The second-order valence-corrected chi connectivity index (χ2v) is 11.0. The van der Waals surface area contributed by atoms with E-state index >= 15 is 0 Å². The van der Waals surface area contributed by atoms with Gasteiger partial charge in [-0.05, 0) is 23.8 Å². The molecule has 0 saturated heterocycles. The first-order chi connectivity index (χ1) is 15.5. The Hall–Kier alpha value is -2.73. The lowest BCUT2D eigenvalue weighted by atomic mass is 10.1. The van der Waals surface area contributed by atoms with Crippen LogP contribution in [-0.2, 0) is 27.4 Å². The third-order valence-electron chi connectivity index (χ3n) is 5.48. The molecule has 0 aromatic heterocycles. The number of carboxylic acids is 1. The summed E-state index contributed by atoms with van der Waals surface area (Å²) in [6, 6.07) is 8.81. The van der Waals surface area contributed by atoms with Crippen molar-refractivity contribution in [2.75, 3.05) is 23.2 Å². The van der Waals surface area contributed by atoms with Gasteiger partial charge in [-0.3, -0.25) is 14.1 Å². The van der Waals surface area contributed by atoms with E-state index in [1.165, 1.54) is 30.9 Å². The van der Waals surface area contributed by atoms with Gasteiger partial charge in [0.25, 0.3) is 10.0 Å². The Kier molecular flexibility index (Phi) is 6.08. The molecule has 0 radical (unpaired) electrons. The molecule has 33 heavy (non-hydrogen) atoms. The van der Waals surface area contributed by atoms with E-state index in [0.717, 1.165) is 33.1 Å². The van der Waals surface area contributed by atoms with Crippen LogP contribution < -0.4 is 9.62 Å². The van der Waals surface area contributed by atoms with Gasteiger partial charge in [0.05, 0.1) is 45.9 Å². The van der Waals surface area contributed by atoms with Gasteiger partial charge in [-0.1, -0.05) is 24.3 Å². The summed E-state index contributed by atoms with van der Waals surface area (Å²) >= 11 is 1.38. The highest BCUT2D eigenvalue weighted by Gasteiger charge is 2.39. The van der Waals surface area contributed by atoms with Crippen LogP contribution in [0.1, 0.15) is 17.5 Å². The maximum Gasteiger partial charge on any atom is 0.417 e. The number of nitrogens with one attached hydrogen (secondary N) is 1. The Balaban J connectivity index is 1.62. The highest BCUT2D eigenvalue weighted by Crippen LogP contribution is 2.41. The van der Waals surface area contributed by atoms with E-state index in [0.29, 0.717) is 18.7 Å². The van der Waals surface area contributed by atoms with E-state index in [1.807, 2.05) is 6.07 Å². The molecule has 7 nitrogen and oxygen atoms in total. The summed E-state index contributed by atoms with van der Waals surface area (Å²) in [7, 11) is -3.29. The molecule has 2 heterocycles. The Labute approximate surface area is 192 Å². The summed E-state index contributed by atoms with van der Waals surface area (Å²) in [6.45, 7) is 0.385. The molecule has 2 aliphatic heterocycles. The molecule has 0 spiro atoms. The van der Waals surface area contributed by atoms with Gasteiger partial charge in [-0.25, -0.2) is 8.42 Å². The molecule has 2 aliphatic rings. The molecule has 2 unspecified atom stereocenters. The highest BCUT2D eigenvalue weighted by atomic mass is 32.2. The quantitative estimate of drug-likeness (QED) is 0.627. The topological polar surface area (TPSA) is 99.1 Å². The number of aliphatic carboxylic acids is 1. The Morgan fingerprint density at radius 2 is 1.97 bits per heavy atom. The summed E-state index contributed by atoms with van der Waals surface area (Å²) in [5.41, 5.74) is 0.297. The molecule has 0 aliphatic carbocycles. The number of fused-ring (bicyclic) bond motifs is 1. The summed E-state index contributed by atoms with van der Waals surface area (Å²) in [4.78, 5) is 14.6. The first-order valence-electron chi connectivity index (χ1n) is 9.95. The van der Waals surface area contributed by atoms with Gasteiger partial charge in [0.1, 0.15) is 0 Å². The van der Waals surface area contributed by atoms with Crippen molar-refractivity contribution in [1.82, 2.24) is 0 Å². The van der Waals surface area contributed by atoms with Gasteiger partial charge < -0.3 is 10.4 Å². The summed E-state index contributed by atoms with van der Waals surface area (Å²) in [5.74, 6) is -0.903. The van der Waals surface area contributed by atoms with Gasteiger partial charge >= 0.3 is 12.1 Å². The lowest BCUT2D eigenvalue weighted by Crippen LogP contribution is -2.30. The number of carboxylic acid groups (broad SMARTS) is 1. The van der Waals surface area contributed by atoms with Crippen LogP contribution in [0.4, 0.5) is 24.5 Å². The number of anilines is 2. The summed E-state index contributed by atoms with van der Waals surface area (Å²) in [5, 5.41) is 12.8. The van der Waals surface area contributed by atoms with E-state index in [-0.39, 0.29) is 23.4 Å². The fourth-order valence-corrected chi connectivity index (χ4v) is 6.50. The first kappa shape index (κ1) is 23.4. The number of thioether (sulfide) groups is 1. The van der Waals surface area contributed by atoms with Crippen LogP contribution in [0.15, 0.2) is 52.4 Å². The molecule has 2 atom stereocenters. The Morgan fingerprint density at radius 1 is 1.24 bits per heavy atom. The van der Waals surface area contributed by atoms with Crippen LogP contribution in [0.2, 0.25) is 0 Å². The fourth-order valence-electron chi connectivity index (χ4n) is 3.91. The van der Waals surface area contributed by atoms with Crippen molar-refractivity contribution < 1.29 is 31.5 Å². The predicted molar refractivity (Wildman–Crippen MR) is 121 cm³/mol. The van der Waals surface area contributed by atoms with Gasteiger partial charge in [0.15, 0.2) is 0 Å². The molecule has 2 aromatic rings. The number of sulfonamides is 1. The molecule has 2 aromatic carbocycles. The zero-order chi connectivity index (χ0) is 24.0. The molecule has 0 bridgehead atoms. The molecule has 176 valence electrons. The molecule has 2 N–H and O–H groups in total. The van der Waals surface area contributed by atoms with E-state index in [1.54, 1.807) is 6.07 Å². The standard InChI is InChI=1S/C21H20F3N3O4S2/c1-27(33(30,31)17-8-3-2-6-14(17)21(22,23)24)16-7-4-5-12-9-15(26-19(12)16)20-25-11-13(32-20)10-18(28)29/h2-8,13,15,26H,9-11H2,1H3,(H,28,29). The van der Waals surface area contributed by atoms with Crippen LogP contribution in [0, 0.1) is 0 Å². The van der Waals surface area contributed by atoms with Crippen LogP contribution in [0.3, 0.4) is 0 Å². The first-order valence-corrected chi connectivity index (χ1v) is 12.3. The second-order valence-electron chi connectivity index (χ2n) is 7.70. The van der Waals surface area contributed by atoms with E-state index < -0.39 is 32.6 Å². The normalized spacial score (nSPS) is 20.2. The lowest BCUT2D eigenvalue weighted by molar-refractivity contribution is -0.140. The third-order valence-corrected chi connectivity index (χ3v) is 8.61. The molecule has 0 saturated carbocycles. The van der Waals surface area contributed by atoms with E-state index in [9.17, 15) is 26.4 Å². The third kappa shape index (κ3) is 4.54. The number of aliphatic imine (C=N–C) groups is 1. The Morgan fingerprint density at radius 3 is 2.67 bits per heavy atom. The highest BCUT2D eigenvalue weighted by molar-refractivity contribution is 8.15. The monoisotopic (exact) mass is 499 g/mol. The van der Waals surface area contributed by atoms with Crippen molar-refractivity contribution in [2.45, 2.75) is 35.2 Å². The van der Waals surface area contributed by atoms with Gasteiger partial charge in [0.2, 0.25) is 0 Å². The van der Waals surface area contributed by atoms with Crippen molar-refractivity contribution in [3.05, 3.63) is 53.6 Å². The molecule has 4 rings (SSSR count). The van der Waals surface area contributed by atoms with Crippen molar-refractivity contribution in [3.63, 3.8) is 0 Å². The number of benzene rings is 2. The Bertz CT molecular complexity index is 1230. The summed E-state index contributed by atoms with van der Waals surface area (Å²) in [6.07, 6.45) is -4.33. The SMILES string of the molecule is CN(c1cccc2c1NC(C1=NCC(CC(=O)O)S1)C2)S(=O)(=O)c1ccccc1C(F)(F)F. The molecular weight excluding hydrogens is 479 g/mol. The largest absolute Gasteiger partial charge is 0.481 e. The average Bonchev–Trinajstić information content (AvgIpc) is 3.38. The zero-order valence-electron chi connectivity index (χ0n) is 17.3. The number of halogens is 3. The second kappa shape index (κ2) is 8.56. The fraction of sp³-hybridized carbons (Fsp3) is 0.333. The smallest absolute Gasteiger partial charge is 0.417 e. The number of hydrogen-bond acceptors (Lipinski definition) is 6. The van der Waals surface area contributed by atoms with Crippen LogP contribution in [0.5, 0.6) is 0 Å². The van der Waals surface area contributed by atoms with Gasteiger partial charge in [-0.2, -0.15) is 13.2 Å². The lowest BCUT2D eigenvalue weighted by Gasteiger charge is -2.24. The maximum atomic E-state index is 13.5. The maximum absolute atomic E-state index is 13.5.